The molecular weight excluding hydrogens is 88.2 g/mol. The van der Waals surface area contributed by atoms with E-state index in [-0.39, 0.29) is 6.15 Å². The molecule has 0 saturated carbocycles. The summed E-state index contributed by atoms with van der Waals surface area (Å²) >= 11 is 0. The predicted octanol–water partition coefficient (Wildman–Crippen LogP) is 0.257. The van der Waals surface area contributed by atoms with E-state index in [9.17, 15) is 4.79 Å². The summed E-state index contributed by atoms with van der Waals surface area (Å²) in [6, 6.07) is 0. The zero-order chi connectivity index (χ0) is 4.28. The van der Waals surface area contributed by atoms with Crippen molar-refractivity contribution >= 4 is 5.97 Å². The molecular formula is C3H4NeO2. The molecule has 0 aromatic rings. The quantitative estimate of drug-likeness (QED) is 0.471. The van der Waals surface area contributed by atoms with Gasteiger partial charge in [0.1, 0.15) is 0 Å². The van der Waals surface area contributed by atoms with E-state index < -0.39 is 5.97 Å². The summed E-state index contributed by atoms with van der Waals surface area (Å²) in [7, 11) is 0. The van der Waals surface area contributed by atoms with Gasteiger partial charge in [-0.2, -0.15) is 0 Å². The van der Waals surface area contributed by atoms with Gasteiger partial charge in [-0.05, 0) is 0 Å². The van der Waals surface area contributed by atoms with Gasteiger partial charge in [0.2, 0.25) is 0 Å². The minimum absolute atomic E-state index is 0. The largest absolute Gasteiger partial charge is 0.478 e. The van der Waals surface area contributed by atoms with Crippen LogP contribution in [-0.2, 0) is 4.79 Å². The van der Waals surface area contributed by atoms with Gasteiger partial charge in [0.15, 0.2) is 0 Å². The molecule has 0 bridgehead atoms. The van der Waals surface area contributed by atoms with Crippen LogP contribution in [0.4, 0.5) is 0 Å². The van der Waals surface area contributed by atoms with Gasteiger partial charge in [-0.15, -0.1) is 0 Å². The van der Waals surface area contributed by atoms with Gasteiger partial charge < -0.3 is 5.11 Å². The van der Waals surface area contributed by atoms with Gasteiger partial charge in [-0.1, -0.05) is 6.58 Å². The maximum absolute atomic E-state index is 9.25. The van der Waals surface area contributed by atoms with Gasteiger partial charge in [0.05, 0.1) is 0 Å². The minimum Gasteiger partial charge on any atom is -0.478 e. The molecule has 0 saturated heterocycles. The number of aliphatic carboxylic acids is 1. The summed E-state index contributed by atoms with van der Waals surface area (Å²) < 4.78 is 0. The Kier molecular flexibility index (Phi) is 6.13. The molecule has 0 amide bonds. The summed E-state index contributed by atoms with van der Waals surface area (Å²) in [6.45, 7) is 2.96. The normalized spacial score (nSPS) is 5.33. The first kappa shape index (κ1) is 8.93. The molecule has 0 spiro atoms. The molecule has 0 heterocycles. The van der Waals surface area contributed by atoms with Crippen molar-refractivity contribution in [1.82, 2.24) is 0 Å². The van der Waals surface area contributed by atoms with Crippen molar-refractivity contribution in [1.29, 1.82) is 0 Å². The van der Waals surface area contributed by atoms with Crippen LogP contribution < -0.4 is 0 Å². The molecule has 0 aromatic carbocycles. The molecule has 0 aromatic heterocycles. The standard InChI is InChI=1S/C3H4O2.Ne/c1-2-3(4)5;/h2H,1H2,(H,4,5);. The molecule has 6 heavy (non-hydrogen) atoms. The van der Waals surface area contributed by atoms with Gasteiger partial charge in [0, 0.05) is 12.2 Å². The molecule has 0 atom stereocenters. The van der Waals surface area contributed by atoms with Crippen molar-refractivity contribution in [2.24, 2.45) is 0 Å². The molecule has 2 nitrogen and oxygen atoms in total. The van der Waals surface area contributed by atoms with Gasteiger partial charge in [-0.25, -0.2) is 4.79 Å². The maximum Gasteiger partial charge on any atom is 0.327 e. The maximum atomic E-state index is 9.25. The topological polar surface area (TPSA) is 37.3 Å². The van der Waals surface area contributed by atoms with Crippen molar-refractivity contribution in [2.45, 2.75) is 0 Å². The van der Waals surface area contributed by atoms with E-state index in [0.717, 1.165) is 6.08 Å². The zero-order valence-electron chi connectivity index (χ0n) is 2.99. The van der Waals surface area contributed by atoms with Crippen molar-refractivity contribution < 1.29 is 16.1 Å². The van der Waals surface area contributed by atoms with Crippen LogP contribution in [0.15, 0.2) is 12.7 Å². The summed E-state index contributed by atoms with van der Waals surface area (Å²) in [6.07, 6.45) is 0.833. The second-order valence-electron chi connectivity index (χ2n) is 0.542. The van der Waals surface area contributed by atoms with Crippen LogP contribution in [-0.4, -0.2) is 11.1 Å². The van der Waals surface area contributed by atoms with Gasteiger partial charge in [-0.3, -0.25) is 0 Å². The smallest absolute Gasteiger partial charge is 0.327 e. The third kappa shape index (κ3) is 11.2. The summed E-state index contributed by atoms with van der Waals surface area (Å²) in [4.78, 5) is 9.25. The summed E-state index contributed by atoms with van der Waals surface area (Å²) in [5, 5.41) is 7.60. The number of carboxylic acid groups (broad SMARTS) is 1. The van der Waals surface area contributed by atoms with Gasteiger partial charge >= 0.3 is 5.97 Å². The first-order valence-corrected chi connectivity index (χ1v) is 1.12. The van der Waals surface area contributed by atoms with Crippen molar-refractivity contribution in [2.75, 3.05) is 0 Å². The zero-order valence-corrected chi connectivity index (χ0v) is 2.99. The van der Waals surface area contributed by atoms with Crippen LogP contribution in [0.25, 0.3) is 0 Å². The molecule has 0 aliphatic carbocycles. The monoisotopic (exact) mass is 92.0 g/mol. The Morgan fingerprint density at radius 2 is 2.00 bits per heavy atom. The Bertz CT molecular complexity index is 59.8. The average Bonchev–Trinajstić information content (AvgIpc) is 1.38. The molecule has 3 heteroatoms. The van der Waals surface area contributed by atoms with E-state index >= 15 is 0 Å². The third-order valence-electron chi connectivity index (χ3n) is 0.175. The Balaban J connectivity index is 0. The number of rotatable bonds is 1. The molecule has 0 rings (SSSR count). The van der Waals surface area contributed by atoms with Crippen molar-refractivity contribution in [3.63, 3.8) is 0 Å². The molecule has 0 unspecified atom stereocenters. The first-order chi connectivity index (χ1) is 2.27. The van der Waals surface area contributed by atoms with Crippen LogP contribution in [0, 0.1) is 6.15 Å². The molecule has 0 aliphatic rings. The molecule has 36 valence electrons. The van der Waals surface area contributed by atoms with Crippen LogP contribution in [0.5, 0.6) is 0 Å². The van der Waals surface area contributed by atoms with E-state index in [0.29, 0.717) is 0 Å². The van der Waals surface area contributed by atoms with Crippen LogP contribution in [0.3, 0.4) is 0 Å². The molecule has 1 N–H and O–H groups in total. The number of hydrogen-bond acceptors (Lipinski definition) is 1. The fraction of sp³-hybridized carbons (Fsp3) is 0. The number of carboxylic acids is 1. The Morgan fingerprint density at radius 1 is 1.83 bits per heavy atom. The minimum atomic E-state index is -0.981. The second-order valence-corrected chi connectivity index (χ2v) is 0.542. The Hall–Kier alpha value is -0.881. The van der Waals surface area contributed by atoms with Crippen molar-refractivity contribution in [3.05, 3.63) is 12.7 Å². The second kappa shape index (κ2) is 4.12. The Labute approximate surface area is 35.9 Å². The average molecular weight is 92.2 g/mol. The van der Waals surface area contributed by atoms with Crippen LogP contribution >= 0.6 is 0 Å². The fourth-order valence-corrected chi connectivity index (χ4v) is 0. The predicted molar refractivity (Wildman–Crippen MR) is 17.8 cm³/mol. The summed E-state index contributed by atoms with van der Waals surface area (Å²) in [5.41, 5.74) is 0. The first-order valence-electron chi connectivity index (χ1n) is 1.12. The van der Waals surface area contributed by atoms with E-state index in [2.05, 4.69) is 6.58 Å². The summed E-state index contributed by atoms with van der Waals surface area (Å²) in [5.74, 6) is -0.981. The van der Waals surface area contributed by atoms with E-state index in [1.54, 1.807) is 0 Å². The molecule has 0 aliphatic heterocycles. The van der Waals surface area contributed by atoms with Crippen LogP contribution in [0.1, 0.15) is 0 Å². The number of carbonyl (C=O) groups is 1. The molecule has 0 radical (unpaired) electrons. The van der Waals surface area contributed by atoms with Crippen LogP contribution in [0.2, 0.25) is 0 Å². The fourth-order valence-electron chi connectivity index (χ4n) is 0. The van der Waals surface area contributed by atoms with E-state index in [1.807, 2.05) is 0 Å². The SMILES string of the molecule is C=CC(=O)O.[Ne]. The molecule has 0 fully saturated rings. The third-order valence-corrected chi connectivity index (χ3v) is 0.175. The van der Waals surface area contributed by atoms with E-state index in [1.165, 1.54) is 0 Å². The van der Waals surface area contributed by atoms with Gasteiger partial charge in [0.25, 0.3) is 0 Å². The Morgan fingerprint density at radius 3 is 2.00 bits per heavy atom. The van der Waals surface area contributed by atoms with E-state index in [4.69, 9.17) is 5.11 Å². The van der Waals surface area contributed by atoms with Crippen molar-refractivity contribution in [3.8, 4) is 0 Å². The number of hydrogen-bond donors (Lipinski definition) is 1.